The van der Waals surface area contributed by atoms with E-state index in [0.29, 0.717) is 0 Å². The predicted molar refractivity (Wildman–Crippen MR) is 74.1 cm³/mol. The number of aryl methyl sites for hydroxylation is 1. The Hall–Kier alpha value is -1.54. The third kappa shape index (κ3) is 1.69. The Morgan fingerprint density at radius 1 is 0.941 bits per heavy atom. The molecule has 0 radical (unpaired) electrons. The molecule has 0 aliphatic rings. The van der Waals surface area contributed by atoms with Gasteiger partial charge in [0.1, 0.15) is 11.3 Å². The van der Waals surface area contributed by atoms with E-state index in [4.69, 9.17) is 4.42 Å². The van der Waals surface area contributed by atoms with Gasteiger partial charge in [-0.1, -0.05) is 42.5 Å². The van der Waals surface area contributed by atoms with Crippen LogP contribution in [0.15, 0.2) is 57.4 Å². The van der Waals surface area contributed by atoms with E-state index in [2.05, 4.69) is 34.1 Å². The van der Waals surface area contributed by atoms with Crippen molar-refractivity contribution in [3.05, 3.63) is 58.8 Å². The minimum atomic E-state index is 0.920. The molecule has 0 amide bonds. The normalized spacial score (nSPS) is 10.9. The summed E-state index contributed by atoms with van der Waals surface area (Å²) in [5.74, 6) is 0.957. The molecule has 0 unspecified atom stereocenters. The number of hydrogen-bond donors (Lipinski definition) is 0. The number of para-hydroxylation sites is 1. The third-order valence-corrected chi connectivity index (χ3v) is 3.53. The summed E-state index contributed by atoms with van der Waals surface area (Å²) in [5.41, 5.74) is 3.30. The van der Waals surface area contributed by atoms with Gasteiger partial charge in [0.05, 0.1) is 4.47 Å². The minimum Gasteiger partial charge on any atom is -0.460 e. The molecule has 3 rings (SSSR count). The molecule has 84 valence electrons. The van der Waals surface area contributed by atoms with Gasteiger partial charge in [-0.3, -0.25) is 0 Å². The third-order valence-electron chi connectivity index (χ3n) is 2.91. The first-order chi connectivity index (χ1) is 8.27. The zero-order valence-electron chi connectivity index (χ0n) is 9.41. The quantitative estimate of drug-likeness (QED) is 0.601. The highest BCUT2D eigenvalue weighted by molar-refractivity contribution is 9.10. The number of hydrogen-bond acceptors (Lipinski definition) is 1. The first-order valence-electron chi connectivity index (χ1n) is 5.50. The van der Waals surface area contributed by atoms with Gasteiger partial charge in [0, 0.05) is 10.9 Å². The second-order valence-electron chi connectivity index (χ2n) is 4.02. The van der Waals surface area contributed by atoms with Crippen molar-refractivity contribution in [1.82, 2.24) is 0 Å². The monoisotopic (exact) mass is 286 g/mol. The first kappa shape index (κ1) is 10.6. The molecule has 0 saturated heterocycles. The van der Waals surface area contributed by atoms with E-state index >= 15 is 0 Å². The van der Waals surface area contributed by atoms with Crippen LogP contribution in [-0.2, 0) is 0 Å². The van der Waals surface area contributed by atoms with Gasteiger partial charge in [0.2, 0.25) is 0 Å². The molecule has 0 fully saturated rings. The van der Waals surface area contributed by atoms with Crippen LogP contribution in [0.25, 0.3) is 22.1 Å². The van der Waals surface area contributed by atoms with E-state index in [9.17, 15) is 0 Å². The number of rotatable bonds is 1. The molecule has 1 aromatic heterocycles. The Morgan fingerprint density at radius 2 is 1.71 bits per heavy atom. The van der Waals surface area contributed by atoms with E-state index < -0.39 is 0 Å². The summed E-state index contributed by atoms with van der Waals surface area (Å²) in [6.07, 6.45) is 0. The lowest BCUT2D eigenvalue weighted by Crippen LogP contribution is -1.77. The van der Waals surface area contributed by atoms with Gasteiger partial charge in [0.15, 0.2) is 0 Å². The van der Waals surface area contributed by atoms with Crippen LogP contribution in [0.3, 0.4) is 0 Å². The highest BCUT2D eigenvalue weighted by Gasteiger charge is 2.13. The van der Waals surface area contributed by atoms with E-state index in [1.807, 2.05) is 37.3 Å². The van der Waals surface area contributed by atoms with E-state index in [0.717, 1.165) is 21.2 Å². The number of fused-ring (bicyclic) bond motifs is 1. The maximum absolute atomic E-state index is 5.84. The fourth-order valence-corrected chi connectivity index (χ4v) is 2.61. The van der Waals surface area contributed by atoms with Crippen molar-refractivity contribution >= 4 is 26.9 Å². The maximum Gasteiger partial charge on any atom is 0.149 e. The van der Waals surface area contributed by atoms with E-state index in [1.54, 1.807) is 0 Å². The Labute approximate surface area is 108 Å². The summed E-state index contributed by atoms with van der Waals surface area (Å²) >= 11 is 3.52. The van der Waals surface area contributed by atoms with Crippen LogP contribution >= 0.6 is 15.9 Å². The number of benzene rings is 2. The van der Waals surface area contributed by atoms with Crippen LogP contribution in [0.5, 0.6) is 0 Å². The van der Waals surface area contributed by atoms with Crippen LogP contribution in [0.4, 0.5) is 0 Å². The zero-order chi connectivity index (χ0) is 11.8. The standard InChI is InChI=1S/C15H11BrO/c1-10-14(11-6-3-2-4-7-11)12-8-5-9-13(16)15(12)17-10/h2-9H,1H3. The van der Waals surface area contributed by atoms with Crippen LogP contribution in [-0.4, -0.2) is 0 Å². The molecule has 0 aliphatic carbocycles. The molecule has 2 aromatic carbocycles. The minimum absolute atomic E-state index is 0.920. The predicted octanol–water partition coefficient (Wildman–Crippen LogP) is 5.17. The van der Waals surface area contributed by atoms with Crippen LogP contribution < -0.4 is 0 Å². The molecule has 0 N–H and O–H groups in total. The van der Waals surface area contributed by atoms with Crippen molar-refractivity contribution in [1.29, 1.82) is 0 Å². The maximum atomic E-state index is 5.84. The first-order valence-corrected chi connectivity index (χ1v) is 6.29. The molecular weight excluding hydrogens is 276 g/mol. The lowest BCUT2D eigenvalue weighted by molar-refractivity contribution is 0.578. The average molecular weight is 287 g/mol. The zero-order valence-corrected chi connectivity index (χ0v) is 11.0. The SMILES string of the molecule is Cc1oc2c(Br)cccc2c1-c1ccccc1. The van der Waals surface area contributed by atoms with Gasteiger partial charge < -0.3 is 4.42 Å². The van der Waals surface area contributed by atoms with E-state index in [1.165, 1.54) is 11.1 Å². The fraction of sp³-hybridized carbons (Fsp3) is 0.0667. The Morgan fingerprint density at radius 3 is 2.47 bits per heavy atom. The molecular formula is C15H11BrO. The van der Waals surface area contributed by atoms with E-state index in [-0.39, 0.29) is 0 Å². The molecule has 1 nitrogen and oxygen atoms in total. The molecule has 0 atom stereocenters. The summed E-state index contributed by atoms with van der Waals surface area (Å²) in [6, 6.07) is 16.5. The molecule has 3 aromatic rings. The molecule has 0 saturated carbocycles. The topological polar surface area (TPSA) is 13.1 Å². The Kier molecular flexibility index (Phi) is 2.52. The van der Waals surface area contributed by atoms with Crippen molar-refractivity contribution in [2.24, 2.45) is 0 Å². The van der Waals surface area contributed by atoms with Gasteiger partial charge in [-0.2, -0.15) is 0 Å². The lowest BCUT2D eigenvalue weighted by atomic mass is 10.0. The summed E-state index contributed by atoms with van der Waals surface area (Å²) in [6.45, 7) is 2.01. The lowest BCUT2D eigenvalue weighted by Gasteiger charge is -1.99. The highest BCUT2D eigenvalue weighted by Crippen LogP contribution is 2.37. The van der Waals surface area contributed by atoms with Crippen LogP contribution in [0.1, 0.15) is 5.76 Å². The molecule has 17 heavy (non-hydrogen) atoms. The molecule has 0 aliphatic heterocycles. The van der Waals surface area contributed by atoms with Gasteiger partial charge in [-0.15, -0.1) is 0 Å². The molecule has 0 bridgehead atoms. The summed E-state index contributed by atoms with van der Waals surface area (Å²) in [4.78, 5) is 0. The average Bonchev–Trinajstić information content (AvgIpc) is 2.68. The van der Waals surface area contributed by atoms with Crippen molar-refractivity contribution in [3.63, 3.8) is 0 Å². The van der Waals surface area contributed by atoms with Crippen LogP contribution in [0, 0.1) is 6.92 Å². The second-order valence-corrected chi connectivity index (χ2v) is 4.87. The highest BCUT2D eigenvalue weighted by atomic mass is 79.9. The fourth-order valence-electron chi connectivity index (χ4n) is 2.17. The smallest absolute Gasteiger partial charge is 0.149 e. The van der Waals surface area contributed by atoms with Gasteiger partial charge in [-0.25, -0.2) is 0 Å². The van der Waals surface area contributed by atoms with Crippen molar-refractivity contribution in [2.45, 2.75) is 6.92 Å². The van der Waals surface area contributed by atoms with Crippen LogP contribution in [0.2, 0.25) is 0 Å². The molecule has 1 heterocycles. The van der Waals surface area contributed by atoms with Gasteiger partial charge in [0.25, 0.3) is 0 Å². The molecule has 0 spiro atoms. The largest absolute Gasteiger partial charge is 0.460 e. The van der Waals surface area contributed by atoms with Crippen molar-refractivity contribution in [3.8, 4) is 11.1 Å². The Balaban J connectivity index is 2.37. The van der Waals surface area contributed by atoms with Gasteiger partial charge in [-0.05, 0) is 34.5 Å². The summed E-state index contributed by atoms with van der Waals surface area (Å²) < 4.78 is 6.84. The Bertz CT molecular complexity index is 668. The number of halogens is 1. The van der Waals surface area contributed by atoms with Gasteiger partial charge >= 0.3 is 0 Å². The summed E-state index contributed by atoms with van der Waals surface area (Å²) in [5, 5.41) is 1.16. The van der Waals surface area contributed by atoms with Crippen molar-refractivity contribution < 1.29 is 4.42 Å². The molecule has 2 heteroatoms. The van der Waals surface area contributed by atoms with Crippen molar-refractivity contribution in [2.75, 3.05) is 0 Å². The summed E-state index contributed by atoms with van der Waals surface area (Å²) in [7, 11) is 0. The second kappa shape index (κ2) is 4.04. The number of furan rings is 1.